The van der Waals surface area contributed by atoms with E-state index in [9.17, 15) is 0 Å². The zero-order valence-corrected chi connectivity index (χ0v) is 20.6. The van der Waals surface area contributed by atoms with Gasteiger partial charge in [-0.2, -0.15) is 0 Å². The number of benzene rings is 2. The molecule has 0 saturated heterocycles. The molecule has 4 bridgehead atoms. The molecule has 0 spiro atoms. The van der Waals surface area contributed by atoms with Crippen molar-refractivity contribution >= 4 is 11.9 Å². The lowest BCUT2D eigenvalue weighted by Gasteiger charge is -2.57. The van der Waals surface area contributed by atoms with Crippen molar-refractivity contribution in [3.63, 3.8) is 0 Å². The summed E-state index contributed by atoms with van der Waals surface area (Å²) < 4.78 is 2.36. The highest BCUT2D eigenvalue weighted by molar-refractivity contribution is 5.84. The number of nitrogens with zero attached hydrogens (tertiary/aromatic N) is 2. The molecule has 0 amide bonds. The Labute approximate surface area is 198 Å². The molecule has 4 aliphatic carbocycles. The molecule has 170 valence electrons. The lowest BCUT2D eigenvalue weighted by molar-refractivity contribution is -0.00518. The lowest BCUT2D eigenvalue weighted by Crippen LogP contribution is -2.48. The second-order valence-corrected chi connectivity index (χ2v) is 11.5. The number of aliphatic imine (C=N–C) groups is 1. The molecule has 4 fully saturated rings. The van der Waals surface area contributed by atoms with E-state index in [2.05, 4.69) is 80.8 Å². The standard InChI is InChI=1S/C31H36N2/c1-20-5-6-21(2)30(11-20)33-22(3)12-27(23(33)4)19-32-29-9-7-28(8-10-29)31-16-24-13-25(17-31)15-26(14-24)18-31/h5-12,19,24-26H,13-18H2,1-4H3. The Bertz CT molecular complexity index is 1190. The molecule has 1 heterocycles. The van der Waals surface area contributed by atoms with Gasteiger partial charge in [0.2, 0.25) is 0 Å². The van der Waals surface area contributed by atoms with E-state index >= 15 is 0 Å². The maximum atomic E-state index is 4.87. The van der Waals surface area contributed by atoms with Crippen LogP contribution in [-0.4, -0.2) is 10.8 Å². The number of aromatic nitrogens is 1. The van der Waals surface area contributed by atoms with E-state index in [1.54, 1.807) is 5.56 Å². The quantitative estimate of drug-likeness (QED) is 0.369. The predicted molar refractivity (Wildman–Crippen MR) is 138 cm³/mol. The van der Waals surface area contributed by atoms with Gasteiger partial charge in [-0.25, -0.2) is 0 Å². The maximum absolute atomic E-state index is 4.87. The molecule has 0 aliphatic heterocycles. The fourth-order valence-corrected chi connectivity index (χ4v) is 7.76. The lowest BCUT2D eigenvalue weighted by atomic mass is 9.48. The smallest absolute Gasteiger partial charge is 0.0630 e. The molecule has 33 heavy (non-hydrogen) atoms. The summed E-state index contributed by atoms with van der Waals surface area (Å²) in [5, 5.41) is 0. The monoisotopic (exact) mass is 436 g/mol. The molecule has 4 saturated carbocycles. The fourth-order valence-electron chi connectivity index (χ4n) is 7.76. The Morgan fingerprint density at radius 1 is 0.818 bits per heavy atom. The summed E-state index contributed by atoms with van der Waals surface area (Å²) in [6, 6.07) is 18.2. The molecule has 0 unspecified atom stereocenters. The second-order valence-electron chi connectivity index (χ2n) is 11.5. The SMILES string of the molecule is Cc1ccc(C)c(-n2c(C)cc(C=Nc3ccc(C45CC6CC(CC(C6)C4)C5)cc3)c2C)c1. The largest absolute Gasteiger partial charge is 0.318 e. The molecule has 7 rings (SSSR count). The van der Waals surface area contributed by atoms with Gasteiger partial charge < -0.3 is 4.57 Å². The van der Waals surface area contributed by atoms with Crippen molar-refractivity contribution in [1.29, 1.82) is 0 Å². The van der Waals surface area contributed by atoms with Crippen LogP contribution in [0.5, 0.6) is 0 Å². The van der Waals surface area contributed by atoms with Gasteiger partial charge in [0.05, 0.1) is 5.69 Å². The van der Waals surface area contributed by atoms with Crippen molar-refractivity contribution < 1.29 is 0 Å². The zero-order valence-electron chi connectivity index (χ0n) is 20.6. The molecule has 1 aromatic heterocycles. The Morgan fingerprint density at radius 3 is 2.09 bits per heavy atom. The molecule has 0 N–H and O–H groups in total. The molecule has 0 radical (unpaired) electrons. The van der Waals surface area contributed by atoms with Gasteiger partial charge in [-0.1, -0.05) is 24.3 Å². The number of hydrogen-bond acceptors (Lipinski definition) is 1. The third-order valence-corrected chi connectivity index (χ3v) is 8.95. The molecule has 3 aromatic rings. The van der Waals surface area contributed by atoms with Gasteiger partial charge in [0.25, 0.3) is 0 Å². The van der Waals surface area contributed by atoms with Crippen LogP contribution < -0.4 is 0 Å². The van der Waals surface area contributed by atoms with Crippen LogP contribution in [0.4, 0.5) is 5.69 Å². The van der Waals surface area contributed by atoms with Crippen LogP contribution >= 0.6 is 0 Å². The minimum atomic E-state index is 0.466. The molecule has 4 aliphatic rings. The van der Waals surface area contributed by atoms with Crippen LogP contribution in [0, 0.1) is 45.4 Å². The van der Waals surface area contributed by atoms with E-state index in [1.165, 1.54) is 72.3 Å². The number of aryl methyl sites for hydroxylation is 3. The topological polar surface area (TPSA) is 17.3 Å². The van der Waals surface area contributed by atoms with E-state index in [0.717, 1.165) is 23.4 Å². The number of hydrogen-bond donors (Lipinski definition) is 0. The first-order valence-corrected chi connectivity index (χ1v) is 12.8. The van der Waals surface area contributed by atoms with Crippen molar-refractivity contribution in [3.8, 4) is 5.69 Å². The summed E-state index contributed by atoms with van der Waals surface area (Å²) in [5.74, 6) is 2.96. The third kappa shape index (κ3) is 3.59. The number of rotatable bonds is 4. The van der Waals surface area contributed by atoms with E-state index in [4.69, 9.17) is 4.99 Å². The molecule has 2 nitrogen and oxygen atoms in total. The molecule has 2 aromatic carbocycles. The summed E-state index contributed by atoms with van der Waals surface area (Å²) in [5.41, 5.74) is 10.6. The normalized spacial score (nSPS) is 28.2. The summed E-state index contributed by atoms with van der Waals surface area (Å²) in [6.45, 7) is 8.73. The van der Waals surface area contributed by atoms with Crippen LogP contribution in [0.1, 0.15) is 72.2 Å². The highest BCUT2D eigenvalue weighted by Gasteiger charge is 2.51. The van der Waals surface area contributed by atoms with Crippen molar-refractivity contribution in [2.24, 2.45) is 22.7 Å². The minimum Gasteiger partial charge on any atom is -0.318 e. The van der Waals surface area contributed by atoms with Crippen LogP contribution in [0.25, 0.3) is 5.69 Å². The van der Waals surface area contributed by atoms with E-state index in [0.29, 0.717) is 5.41 Å². The van der Waals surface area contributed by atoms with Crippen molar-refractivity contribution in [3.05, 3.63) is 82.2 Å². The Hall–Kier alpha value is -2.61. The molecule has 0 atom stereocenters. The first kappa shape index (κ1) is 21.0. The van der Waals surface area contributed by atoms with Crippen molar-refractivity contribution in [2.75, 3.05) is 0 Å². The fraction of sp³-hybridized carbons (Fsp3) is 0.452. The summed E-state index contributed by atoms with van der Waals surface area (Å²) >= 11 is 0. The minimum absolute atomic E-state index is 0.466. The Kier molecular flexibility index (Phi) is 4.90. The summed E-state index contributed by atoms with van der Waals surface area (Å²) in [4.78, 5) is 4.87. The highest BCUT2D eigenvalue weighted by Crippen LogP contribution is 2.60. The van der Waals surface area contributed by atoms with Gasteiger partial charge in [-0.15, -0.1) is 0 Å². The zero-order chi connectivity index (χ0) is 22.7. The highest BCUT2D eigenvalue weighted by atomic mass is 15.0. The van der Waals surface area contributed by atoms with Gasteiger partial charge in [0, 0.05) is 28.9 Å². The summed E-state index contributed by atoms with van der Waals surface area (Å²) in [6.07, 6.45) is 10.8. The predicted octanol–water partition coefficient (Wildman–Crippen LogP) is 7.93. The van der Waals surface area contributed by atoms with Gasteiger partial charge in [0.1, 0.15) is 0 Å². The van der Waals surface area contributed by atoms with Gasteiger partial charge in [-0.3, -0.25) is 4.99 Å². The summed E-state index contributed by atoms with van der Waals surface area (Å²) in [7, 11) is 0. The van der Waals surface area contributed by atoms with Gasteiger partial charge >= 0.3 is 0 Å². The average molecular weight is 437 g/mol. The Balaban J connectivity index is 1.25. The molecular weight excluding hydrogens is 400 g/mol. The van der Waals surface area contributed by atoms with Crippen molar-refractivity contribution in [2.45, 2.75) is 71.6 Å². The van der Waals surface area contributed by atoms with Crippen molar-refractivity contribution in [1.82, 2.24) is 4.57 Å². The first-order chi connectivity index (χ1) is 15.9. The molecular formula is C31H36N2. The van der Waals surface area contributed by atoms with E-state index < -0.39 is 0 Å². The second kappa shape index (κ2) is 7.72. The molecule has 2 heteroatoms. The van der Waals surface area contributed by atoms with E-state index in [-0.39, 0.29) is 0 Å². The van der Waals surface area contributed by atoms with Crippen LogP contribution in [0.3, 0.4) is 0 Å². The first-order valence-electron chi connectivity index (χ1n) is 12.8. The average Bonchev–Trinajstić information content (AvgIpc) is 3.06. The van der Waals surface area contributed by atoms with E-state index in [1.807, 2.05) is 6.21 Å². The Morgan fingerprint density at radius 2 is 1.45 bits per heavy atom. The van der Waals surface area contributed by atoms with Crippen LogP contribution in [-0.2, 0) is 5.41 Å². The maximum Gasteiger partial charge on any atom is 0.0630 e. The third-order valence-electron chi connectivity index (χ3n) is 8.95. The van der Waals surface area contributed by atoms with Crippen LogP contribution in [0.2, 0.25) is 0 Å². The van der Waals surface area contributed by atoms with Crippen LogP contribution in [0.15, 0.2) is 53.5 Å². The van der Waals surface area contributed by atoms with Gasteiger partial charge in [0.15, 0.2) is 0 Å². The van der Waals surface area contributed by atoms with Gasteiger partial charge in [-0.05, 0) is 130 Å².